The molecule has 1 aromatic carbocycles. The Morgan fingerprint density at radius 1 is 1.33 bits per heavy atom. The van der Waals surface area contributed by atoms with E-state index in [-0.39, 0.29) is 6.10 Å². The minimum Gasteiger partial charge on any atom is -0.493 e. The number of ether oxygens (including phenoxy) is 3. The summed E-state index contributed by atoms with van der Waals surface area (Å²) in [5.74, 6) is 3.09. The van der Waals surface area contributed by atoms with Crippen LogP contribution < -0.4 is 9.47 Å². The normalized spacial score (nSPS) is 21.4. The number of methoxy groups -OCH3 is 2. The minimum absolute atomic E-state index is 0.151. The van der Waals surface area contributed by atoms with Crippen LogP contribution in [0.25, 0.3) is 0 Å². The van der Waals surface area contributed by atoms with Crippen molar-refractivity contribution in [2.75, 3.05) is 32.3 Å². The first-order valence-electron chi connectivity index (χ1n) is 5.85. The van der Waals surface area contributed by atoms with Crippen molar-refractivity contribution in [1.29, 1.82) is 0 Å². The summed E-state index contributed by atoms with van der Waals surface area (Å²) in [7, 11) is 3.18. The highest BCUT2D eigenvalue weighted by atomic mass is 32.2. The van der Waals surface area contributed by atoms with Crippen molar-refractivity contribution in [3.05, 3.63) is 23.8 Å². The topological polar surface area (TPSA) is 47.9 Å². The molecule has 18 heavy (non-hydrogen) atoms. The number of hydrogen-bond acceptors (Lipinski definition) is 5. The van der Waals surface area contributed by atoms with E-state index in [1.165, 1.54) is 0 Å². The molecule has 2 atom stereocenters. The van der Waals surface area contributed by atoms with Crippen molar-refractivity contribution in [3.8, 4) is 11.5 Å². The van der Waals surface area contributed by atoms with Gasteiger partial charge in [0.2, 0.25) is 0 Å². The Hall–Kier alpha value is -0.910. The molecule has 1 heterocycles. The minimum atomic E-state index is -0.627. The average molecular weight is 270 g/mol. The van der Waals surface area contributed by atoms with Crippen LogP contribution in [-0.4, -0.2) is 43.5 Å². The van der Waals surface area contributed by atoms with Crippen LogP contribution in [0.1, 0.15) is 11.7 Å². The Morgan fingerprint density at radius 3 is 2.72 bits per heavy atom. The van der Waals surface area contributed by atoms with Crippen molar-refractivity contribution in [3.63, 3.8) is 0 Å². The summed E-state index contributed by atoms with van der Waals surface area (Å²) in [6.07, 6.45) is -0.778. The fourth-order valence-electron chi connectivity index (χ4n) is 1.94. The van der Waals surface area contributed by atoms with Crippen LogP contribution in [0, 0.1) is 0 Å². The number of aliphatic hydroxyl groups is 1. The number of hydrogen-bond donors (Lipinski definition) is 1. The van der Waals surface area contributed by atoms with E-state index in [9.17, 15) is 5.11 Å². The maximum Gasteiger partial charge on any atom is 0.161 e. The standard InChI is InChI=1S/C13H18O4S/c1-15-10-4-3-9(7-11(10)16-2)13(14)12-8-18-6-5-17-12/h3-4,7,12-14H,5-6,8H2,1-2H3. The van der Waals surface area contributed by atoms with Crippen LogP contribution in [0.5, 0.6) is 11.5 Å². The third kappa shape index (κ3) is 2.91. The third-order valence-electron chi connectivity index (χ3n) is 2.94. The van der Waals surface area contributed by atoms with Crippen LogP contribution in [0.2, 0.25) is 0 Å². The van der Waals surface area contributed by atoms with Gasteiger partial charge in [-0.25, -0.2) is 0 Å². The highest BCUT2D eigenvalue weighted by Crippen LogP contribution is 2.32. The molecule has 1 N–H and O–H groups in total. The van der Waals surface area contributed by atoms with Crippen LogP contribution >= 0.6 is 11.8 Å². The van der Waals surface area contributed by atoms with Crippen LogP contribution in [0.15, 0.2) is 18.2 Å². The van der Waals surface area contributed by atoms with E-state index in [1.54, 1.807) is 38.1 Å². The van der Waals surface area contributed by atoms with Crippen LogP contribution in [-0.2, 0) is 4.74 Å². The van der Waals surface area contributed by atoms with Gasteiger partial charge < -0.3 is 19.3 Å². The first-order chi connectivity index (χ1) is 8.76. The molecule has 0 bridgehead atoms. The summed E-state index contributed by atoms with van der Waals surface area (Å²) >= 11 is 1.80. The molecule has 1 aliphatic rings. The van der Waals surface area contributed by atoms with Gasteiger partial charge in [0.1, 0.15) is 6.10 Å². The molecule has 0 radical (unpaired) electrons. The van der Waals surface area contributed by atoms with E-state index in [0.717, 1.165) is 17.1 Å². The highest BCUT2D eigenvalue weighted by molar-refractivity contribution is 7.99. The third-order valence-corrected chi connectivity index (χ3v) is 3.96. The van der Waals surface area contributed by atoms with E-state index in [4.69, 9.17) is 14.2 Å². The molecule has 2 rings (SSSR count). The van der Waals surface area contributed by atoms with E-state index >= 15 is 0 Å². The summed E-state index contributed by atoms with van der Waals surface area (Å²) < 4.78 is 16.0. The largest absolute Gasteiger partial charge is 0.493 e. The highest BCUT2D eigenvalue weighted by Gasteiger charge is 2.25. The second-order valence-electron chi connectivity index (χ2n) is 4.04. The smallest absolute Gasteiger partial charge is 0.161 e. The predicted molar refractivity (Wildman–Crippen MR) is 71.6 cm³/mol. The molecule has 5 heteroatoms. The zero-order valence-electron chi connectivity index (χ0n) is 10.6. The number of thioether (sulfide) groups is 1. The lowest BCUT2D eigenvalue weighted by Crippen LogP contribution is -2.29. The lowest BCUT2D eigenvalue weighted by molar-refractivity contribution is -0.0228. The summed E-state index contributed by atoms with van der Waals surface area (Å²) in [5.41, 5.74) is 0.792. The Kier molecular flexibility index (Phi) is 4.74. The molecule has 4 nitrogen and oxygen atoms in total. The maximum absolute atomic E-state index is 10.3. The lowest BCUT2D eigenvalue weighted by atomic mass is 10.0. The van der Waals surface area contributed by atoms with E-state index in [0.29, 0.717) is 18.1 Å². The molecule has 0 aromatic heterocycles. The van der Waals surface area contributed by atoms with Gasteiger partial charge in [-0.1, -0.05) is 6.07 Å². The van der Waals surface area contributed by atoms with Crippen molar-refractivity contribution < 1.29 is 19.3 Å². The first-order valence-corrected chi connectivity index (χ1v) is 7.01. The Balaban J connectivity index is 2.16. The monoisotopic (exact) mass is 270 g/mol. The quantitative estimate of drug-likeness (QED) is 0.905. The second-order valence-corrected chi connectivity index (χ2v) is 5.19. The molecule has 0 amide bonds. The molecule has 0 saturated carbocycles. The molecule has 1 saturated heterocycles. The lowest BCUT2D eigenvalue weighted by Gasteiger charge is -2.27. The molecular formula is C13H18O4S. The fourth-order valence-corrected chi connectivity index (χ4v) is 2.83. The van der Waals surface area contributed by atoms with Crippen LogP contribution in [0.4, 0.5) is 0 Å². The number of benzene rings is 1. The molecule has 1 fully saturated rings. The molecule has 0 aliphatic carbocycles. The van der Waals surface area contributed by atoms with Gasteiger partial charge in [-0.3, -0.25) is 0 Å². The SMILES string of the molecule is COc1ccc(C(O)C2CSCCO2)cc1OC. The van der Waals surface area contributed by atoms with E-state index < -0.39 is 6.10 Å². The van der Waals surface area contributed by atoms with Gasteiger partial charge >= 0.3 is 0 Å². The van der Waals surface area contributed by atoms with E-state index in [1.807, 2.05) is 6.07 Å². The van der Waals surface area contributed by atoms with Crippen molar-refractivity contribution in [1.82, 2.24) is 0 Å². The molecule has 0 spiro atoms. The fraction of sp³-hybridized carbons (Fsp3) is 0.538. The maximum atomic E-state index is 10.3. The van der Waals surface area contributed by atoms with Crippen molar-refractivity contribution in [2.45, 2.75) is 12.2 Å². The van der Waals surface area contributed by atoms with Crippen LogP contribution in [0.3, 0.4) is 0 Å². The predicted octanol–water partition coefficient (Wildman–Crippen LogP) is 1.87. The Labute approximate surface area is 111 Å². The summed E-state index contributed by atoms with van der Waals surface area (Å²) in [6.45, 7) is 0.694. The summed E-state index contributed by atoms with van der Waals surface area (Å²) in [4.78, 5) is 0. The Morgan fingerprint density at radius 2 is 2.11 bits per heavy atom. The first kappa shape index (κ1) is 13.5. The van der Waals surface area contributed by atoms with Crippen molar-refractivity contribution >= 4 is 11.8 Å². The number of aliphatic hydroxyl groups excluding tert-OH is 1. The average Bonchev–Trinajstić information content (AvgIpc) is 2.46. The van der Waals surface area contributed by atoms with Gasteiger partial charge in [0.25, 0.3) is 0 Å². The van der Waals surface area contributed by atoms with Gasteiger partial charge in [-0.2, -0.15) is 11.8 Å². The molecule has 1 aromatic rings. The second kappa shape index (κ2) is 6.31. The molecular weight excluding hydrogens is 252 g/mol. The van der Waals surface area contributed by atoms with Gasteiger partial charge in [0.05, 0.1) is 26.9 Å². The van der Waals surface area contributed by atoms with Gasteiger partial charge in [0.15, 0.2) is 11.5 Å². The zero-order valence-corrected chi connectivity index (χ0v) is 11.4. The number of rotatable bonds is 4. The van der Waals surface area contributed by atoms with Gasteiger partial charge in [-0.15, -0.1) is 0 Å². The zero-order chi connectivity index (χ0) is 13.0. The summed E-state index contributed by atoms with van der Waals surface area (Å²) in [6, 6.07) is 5.44. The van der Waals surface area contributed by atoms with E-state index in [2.05, 4.69) is 0 Å². The summed E-state index contributed by atoms with van der Waals surface area (Å²) in [5, 5.41) is 10.3. The molecule has 100 valence electrons. The van der Waals surface area contributed by atoms with Gasteiger partial charge in [-0.05, 0) is 17.7 Å². The Bertz CT molecular complexity index is 391. The molecule has 1 aliphatic heterocycles. The molecule has 2 unspecified atom stereocenters. The van der Waals surface area contributed by atoms with Gasteiger partial charge in [0, 0.05) is 11.5 Å². The van der Waals surface area contributed by atoms with Crippen molar-refractivity contribution in [2.24, 2.45) is 0 Å².